The van der Waals surface area contributed by atoms with Crippen LogP contribution >= 0.6 is 23.4 Å². The SMILES string of the molecule is COc1cccc(-c2ccc(SCC(=O)N3CCN(c4ccc(Cl)cc4)CC3)nn2)c1. The molecule has 2 heterocycles. The lowest BCUT2D eigenvalue weighted by molar-refractivity contribution is -0.128. The molecule has 3 aromatic rings. The van der Waals surface area contributed by atoms with Crippen LogP contribution in [-0.2, 0) is 4.79 Å². The number of piperazine rings is 1. The summed E-state index contributed by atoms with van der Waals surface area (Å²) in [6.45, 7) is 3.05. The molecule has 4 rings (SSSR count). The molecule has 2 aromatic carbocycles. The zero-order chi connectivity index (χ0) is 21.6. The minimum atomic E-state index is 0.124. The van der Waals surface area contributed by atoms with Gasteiger partial charge in [-0.3, -0.25) is 4.79 Å². The van der Waals surface area contributed by atoms with Crippen molar-refractivity contribution in [2.75, 3.05) is 43.9 Å². The summed E-state index contributed by atoms with van der Waals surface area (Å²) >= 11 is 7.38. The normalized spacial score (nSPS) is 13.9. The first kappa shape index (κ1) is 21.5. The fourth-order valence-electron chi connectivity index (χ4n) is 3.43. The van der Waals surface area contributed by atoms with E-state index in [1.54, 1.807) is 7.11 Å². The molecule has 1 fully saturated rings. The monoisotopic (exact) mass is 454 g/mol. The molecule has 0 saturated carbocycles. The lowest BCUT2D eigenvalue weighted by Gasteiger charge is -2.36. The maximum Gasteiger partial charge on any atom is 0.233 e. The topological polar surface area (TPSA) is 58.6 Å². The highest BCUT2D eigenvalue weighted by molar-refractivity contribution is 7.99. The molecule has 0 atom stereocenters. The van der Waals surface area contributed by atoms with E-state index in [-0.39, 0.29) is 5.91 Å². The van der Waals surface area contributed by atoms with E-state index in [1.807, 2.05) is 65.6 Å². The van der Waals surface area contributed by atoms with E-state index in [0.29, 0.717) is 18.8 Å². The van der Waals surface area contributed by atoms with Crippen molar-refractivity contribution in [3.05, 3.63) is 65.7 Å². The van der Waals surface area contributed by atoms with Crippen molar-refractivity contribution in [1.82, 2.24) is 15.1 Å². The van der Waals surface area contributed by atoms with Gasteiger partial charge in [0.05, 0.1) is 18.6 Å². The van der Waals surface area contributed by atoms with Crippen molar-refractivity contribution in [3.63, 3.8) is 0 Å². The molecule has 0 aliphatic carbocycles. The minimum absolute atomic E-state index is 0.124. The van der Waals surface area contributed by atoms with Crippen LogP contribution in [0.4, 0.5) is 5.69 Å². The summed E-state index contributed by atoms with van der Waals surface area (Å²) < 4.78 is 5.26. The number of hydrogen-bond acceptors (Lipinski definition) is 6. The number of rotatable bonds is 6. The number of carbonyl (C=O) groups is 1. The van der Waals surface area contributed by atoms with E-state index in [4.69, 9.17) is 16.3 Å². The van der Waals surface area contributed by atoms with Crippen molar-refractivity contribution in [1.29, 1.82) is 0 Å². The van der Waals surface area contributed by atoms with E-state index < -0.39 is 0 Å². The smallest absolute Gasteiger partial charge is 0.233 e. The molecule has 0 radical (unpaired) electrons. The Morgan fingerprint density at radius 2 is 1.81 bits per heavy atom. The van der Waals surface area contributed by atoms with Gasteiger partial charge < -0.3 is 14.5 Å². The Hall–Kier alpha value is -2.77. The van der Waals surface area contributed by atoms with Gasteiger partial charge in [-0.05, 0) is 48.5 Å². The fraction of sp³-hybridized carbons (Fsp3) is 0.261. The second-order valence-electron chi connectivity index (χ2n) is 7.12. The molecule has 0 spiro atoms. The minimum Gasteiger partial charge on any atom is -0.497 e. The van der Waals surface area contributed by atoms with Gasteiger partial charge in [-0.25, -0.2) is 0 Å². The number of nitrogens with zero attached hydrogens (tertiary/aromatic N) is 4. The first-order valence-electron chi connectivity index (χ1n) is 10.0. The van der Waals surface area contributed by atoms with Gasteiger partial charge in [0.1, 0.15) is 10.8 Å². The molecule has 1 amide bonds. The number of anilines is 1. The molecule has 160 valence electrons. The molecule has 31 heavy (non-hydrogen) atoms. The number of halogens is 1. The van der Waals surface area contributed by atoms with Crippen LogP contribution in [0.3, 0.4) is 0 Å². The molecule has 0 bridgehead atoms. The van der Waals surface area contributed by atoms with Gasteiger partial charge in [0, 0.05) is 42.5 Å². The number of methoxy groups -OCH3 is 1. The van der Waals surface area contributed by atoms with E-state index in [2.05, 4.69) is 15.1 Å². The molecule has 0 N–H and O–H groups in total. The third-order valence-electron chi connectivity index (χ3n) is 5.17. The van der Waals surface area contributed by atoms with E-state index >= 15 is 0 Å². The zero-order valence-corrected chi connectivity index (χ0v) is 18.8. The molecule has 8 heteroatoms. The summed E-state index contributed by atoms with van der Waals surface area (Å²) in [6.07, 6.45) is 0. The molecule has 6 nitrogen and oxygen atoms in total. The van der Waals surface area contributed by atoms with Crippen LogP contribution in [0.15, 0.2) is 65.7 Å². The Morgan fingerprint density at radius 3 is 2.48 bits per heavy atom. The second kappa shape index (κ2) is 10.0. The highest BCUT2D eigenvalue weighted by Gasteiger charge is 2.21. The van der Waals surface area contributed by atoms with Crippen LogP contribution in [0.25, 0.3) is 11.3 Å². The van der Waals surface area contributed by atoms with Crippen molar-refractivity contribution in [2.45, 2.75) is 5.03 Å². The van der Waals surface area contributed by atoms with E-state index in [9.17, 15) is 4.79 Å². The maximum atomic E-state index is 12.6. The Bertz CT molecular complexity index is 1020. The summed E-state index contributed by atoms with van der Waals surface area (Å²) in [4.78, 5) is 16.8. The molecule has 0 unspecified atom stereocenters. The molecular formula is C23H23ClN4O2S. The van der Waals surface area contributed by atoms with Crippen molar-refractivity contribution >= 4 is 35.0 Å². The third-order valence-corrected chi connectivity index (χ3v) is 6.33. The summed E-state index contributed by atoms with van der Waals surface area (Å²) in [7, 11) is 1.64. The Morgan fingerprint density at radius 1 is 1.03 bits per heavy atom. The standard InChI is InChI=1S/C23H23ClN4O2S/c1-30-20-4-2-3-17(15-20)21-9-10-22(26-25-21)31-16-23(29)28-13-11-27(12-14-28)19-7-5-18(24)6-8-19/h2-10,15H,11-14,16H2,1H3. The van der Waals surface area contributed by atoms with Gasteiger partial charge in [-0.15, -0.1) is 10.2 Å². The van der Waals surface area contributed by atoms with Crippen LogP contribution in [0, 0.1) is 0 Å². The summed E-state index contributed by atoms with van der Waals surface area (Å²) in [5, 5.41) is 10.0. The first-order valence-corrected chi connectivity index (χ1v) is 11.4. The van der Waals surface area contributed by atoms with Gasteiger partial charge in [0.2, 0.25) is 5.91 Å². The number of thioether (sulfide) groups is 1. The van der Waals surface area contributed by atoms with Crippen LogP contribution in [0.1, 0.15) is 0 Å². The average Bonchev–Trinajstić information content (AvgIpc) is 2.83. The molecule has 1 saturated heterocycles. The Kier molecular flexibility index (Phi) is 6.94. The predicted octanol–water partition coefficient (Wildman–Crippen LogP) is 4.25. The number of amides is 1. The highest BCUT2D eigenvalue weighted by Crippen LogP contribution is 2.24. The van der Waals surface area contributed by atoms with Crippen molar-refractivity contribution in [3.8, 4) is 17.0 Å². The second-order valence-corrected chi connectivity index (χ2v) is 8.55. The summed E-state index contributed by atoms with van der Waals surface area (Å²) in [6, 6.07) is 19.3. The maximum absolute atomic E-state index is 12.6. The number of benzene rings is 2. The quantitative estimate of drug-likeness (QED) is 0.519. The van der Waals surface area contributed by atoms with Crippen molar-refractivity contribution < 1.29 is 9.53 Å². The number of carbonyl (C=O) groups excluding carboxylic acids is 1. The highest BCUT2D eigenvalue weighted by atomic mass is 35.5. The molecule has 1 aromatic heterocycles. The number of aromatic nitrogens is 2. The summed E-state index contributed by atoms with van der Waals surface area (Å²) in [5.41, 5.74) is 2.85. The van der Waals surface area contributed by atoms with Gasteiger partial charge in [-0.1, -0.05) is 35.5 Å². The fourth-order valence-corrected chi connectivity index (χ4v) is 4.27. The predicted molar refractivity (Wildman–Crippen MR) is 125 cm³/mol. The number of ether oxygens (including phenoxy) is 1. The molecule has 1 aliphatic rings. The van der Waals surface area contributed by atoms with Gasteiger partial charge in [0.25, 0.3) is 0 Å². The van der Waals surface area contributed by atoms with Gasteiger partial charge in [0.15, 0.2) is 0 Å². The third kappa shape index (κ3) is 5.48. The van der Waals surface area contributed by atoms with Crippen LogP contribution < -0.4 is 9.64 Å². The van der Waals surface area contributed by atoms with Crippen LogP contribution in [0.2, 0.25) is 5.02 Å². The van der Waals surface area contributed by atoms with Crippen molar-refractivity contribution in [2.24, 2.45) is 0 Å². The first-order chi connectivity index (χ1) is 15.1. The lowest BCUT2D eigenvalue weighted by Crippen LogP contribution is -2.49. The Balaban J connectivity index is 1.27. The van der Waals surface area contributed by atoms with E-state index in [1.165, 1.54) is 11.8 Å². The van der Waals surface area contributed by atoms with E-state index in [0.717, 1.165) is 45.8 Å². The Labute approximate surface area is 191 Å². The van der Waals surface area contributed by atoms with Gasteiger partial charge >= 0.3 is 0 Å². The summed E-state index contributed by atoms with van der Waals surface area (Å²) in [5.74, 6) is 1.26. The van der Waals surface area contributed by atoms with Crippen LogP contribution in [-0.4, -0.2) is 60.0 Å². The van der Waals surface area contributed by atoms with Gasteiger partial charge in [-0.2, -0.15) is 0 Å². The lowest BCUT2D eigenvalue weighted by atomic mass is 10.1. The number of hydrogen-bond donors (Lipinski definition) is 0. The molecular weight excluding hydrogens is 432 g/mol. The van der Waals surface area contributed by atoms with Crippen LogP contribution in [0.5, 0.6) is 5.75 Å². The zero-order valence-electron chi connectivity index (χ0n) is 17.2. The largest absolute Gasteiger partial charge is 0.497 e. The molecule has 1 aliphatic heterocycles. The average molecular weight is 455 g/mol.